The third-order valence-electron chi connectivity index (χ3n) is 3.88. The first kappa shape index (κ1) is 13.7. The monoisotopic (exact) mass is 286 g/mol. The Balaban J connectivity index is 1.63. The van der Waals surface area contributed by atoms with Gasteiger partial charge in [0.1, 0.15) is 17.1 Å². The van der Waals surface area contributed by atoms with E-state index in [0.29, 0.717) is 17.6 Å². The Hall–Kier alpha value is -2.30. The number of carbonyl (C=O) groups excluding carboxylic acids is 1. The van der Waals surface area contributed by atoms with Gasteiger partial charge < -0.3 is 14.7 Å². The van der Waals surface area contributed by atoms with Crippen LogP contribution in [0.5, 0.6) is 0 Å². The summed E-state index contributed by atoms with van der Waals surface area (Å²) in [7, 11) is 0. The summed E-state index contributed by atoms with van der Waals surface area (Å²) >= 11 is 0. The maximum atomic E-state index is 12.0. The predicted molar refractivity (Wildman–Crippen MR) is 78.2 cm³/mol. The maximum absolute atomic E-state index is 12.0. The summed E-state index contributed by atoms with van der Waals surface area (Å²) in [4.78, 5) is 26.3. The standard InChI is InChI=1S/C16H18N2O3/c1-9-7-13(9)14-6-4-11(21-14)8-17-15(19)12-5-3-10(2)18-16(12)20/h3-6,9,13H,7-8H2,1-2H3,(H,17,19)(H,18,20)/t9-,13-/m1/s1. The van der Waals surface area contributed by atoms with Crippen molar-refractivity contribution in [3.8, 4) is 0 Å². The summed E-state index contributed by atoms with van der Waals surface area (Å²) in [6, 6.07) is 7.08. The minimum Gasteiger partial charge on any atom is -0.464 e. The Bertz CT molecular complexity index is 729. The van der Waals surface area contributed by atoms with E-state index in [-0.39, 0.29) is 17.7 Å². The maximum Gasteiger partial charge on any atom is 0.260 e. The number of hydrogen-bond donors (Lipinski definition) is 2. The summed E-state index contributed by atoms with van der Waals surface area (Å²) in [5, 5.41) is 2.71. The minimum absolute atomic E-state index is 0.114. The van der Waals surface area contributed by atoms with Gasteiger partial charge in [-0.3, -0.25) is 9.59 Å². The minimum atomic E-state index is -0.394. The molecule has 0 spiro atoms. The van der Waals surface area contributed by atoms with Crippen molar-refractivity contribution in [1.82, 2.24) is 10.3 Å². The first-order valence-corrected chi connectivity index (χ1v) is 7.11. The van der Waals surface area contributed by atoms with Crippen LogP contribution in [-0.2, 0) is 6.54 Å². The molecule has 1 fully saturated rings. The highest BCUT2D eigenvalue weighted by molar-refractivity contribution is 5.93. The number of nitrogens with one attached hydrogen (secondary N) is 2. The van der Waals surface area contributed by atoms with Crippen molar-refractivity contribution in [3.63, 3.8) is 0 Å². The molecule has 110 valence electrons. The van der Waals surface area contributed by atoms with E-state index < -0.39 is 5.91 Å². The van der Waals surface area contributed by atoms with Gasteiger partial charge in [0.2, 0.25) is 0 Å². The van der Waals surface area contributed by atoms with Crippen molar-refractivity contribution in [2.75, 3.05) is 0 Å². The fourth-order valence-electron chi connectivity index (χ4n) is 2.42. The average molecular weight is 286 g/mol. The molecule has 0 aromatic carbocycles. The summed E-state index contributed by atoms with van der Waals surface area (Å²) < 4.78 is 5.71. The van der Waals surface area contributed by atoms with E-state index in [4.69, 9.17) is 4.42 Å². The molecule has 1 saturated carbocycles. The molecule has 3 rings (SSSR count). The zero-order chi connectivity index (χ0) is 15.0. The van der Waals surface area contributed by atoms with Gasteiger partial charge >= 0.3 is 0 Å². The highest BCUT2D eigenvalue weighted by atomic mass is 16.3. The van der Waals surface area contributed by atoms with Crippen molar-refractivity contribution < 1.29 is 9.21 Å². The SMILES string of the molecule is Cc1ccc(C(=O)NCc2ccc([C@@H]3C[C@H]3C)o2)c(=O)[nH]1. The number of amides is 1. The molecule has 5 nitrogen and oxygen atoms in total. The Morgan fingerprint density at radius 2 is 2.14 bits per heavy atom. The lowest BCUT2D eigenvalue weighted by molar-refractivity contribution is 0.0946. The number of carbonyl (C=O) groups is 1. The molecule has 5 heteroatoms. The lowest BCUT2D eigenvalue weighted by atomic mass is 10.2. The van der Waals surface area contributed by atoms with Crippen LogP contribution in [0.4, 0.5) is 0 Å². The number of furan rings is 1. The van der Waals surface area contributed by atoms with Crippen LogP contribution in [-0.4, -0.2) is 10.9 Å². The van der Waals surface area contributed by atoms with Crippen LogP contribution < -0.4 is 10.9 Å². The van der Waals surface area contributed by atoms with Crippen LogP contribution in [0.15, 0.2) is 33.5 Å². The van der Waals surface area contributed by atoms with Gasteiger partial charge in [0, 0.05) is 11.6 Å². The molecular formula is C16H18N2O3. The predicted octanol–water partition coefficient (Wildman–Crippen LogP) is 2.33. The topological polar surface area (TPSA) is 75.1 Å². The lowest BCUT2D eigenvalue weighted by Gasteiger charge is -2.03. The molecule has 2 atom stereocenters. The van der Waals surface area contributed by atoms with Crippen molar-refractivity contribution >= 4 is 5.91 Å². The van der Waals surface area contributed by atoms with Crippen molar-refractivity contribution in [3.05, 3.63) is 57.4 Å². The van der Waals surface area contributed by atoms with Crippen LogP contribution in [0.1, 0.15) is 46.8 Å². The Labute approximate surface area is 122 Å². The molecule has 2 N–H and O–H groups in total. The van der Waals surface area contributed by atoms with Gasteiger partial charge in [0.05, 0.1) is 6.54 Å². The number of rotatable bonds is 4. The first-order chi connectivity index (χ1) is 10.0. The van der Waals surface area contributed by atoms with Crippen LogP contribution in [0.2, 0.25) is 0 Å². The van der Waals surface area contributed by atoms with Gasteiger partial charge in [-0.25, -0.2) is 0 Å². The molecule has 0 unspecified atom stereocenters. The van der Waals surface area contributed by atoms with E-state index in [1.807, 2.05) is 12.1 Å². The van der Waals surface area contributed by atoms with Crippen molar-refractivity contribution in [1.29, 1.82) is 0 Å². The largest absolute Gasteiger partial charge is 0.464 e. The van der Waals surface area contributed by atoms with Crippen LogP contribution in [0.3, 0.4) is 0 Å². The second-order valence-electron chi connectivity index (χ2n) is 5.69. The Kier molecular flexibility index (Phi) is 3.41. The molecule has 1 amide bonds. The van der Waals surface area contributed by atoms with Crippen LogP contribution in [0.25, 0.3) is 0 Å². The van der Waals surface area contributed by atoms with Gasteiger partial charge in [0.15, 0.2) is 0 Å². The van der Waals surface area contributed by atoms with Gasteiger partial charge in [-0.2, -0.15) is 0 Å². The van der Waals surface area contributed by atoms with Gasteiger partial charge in [-0.15, -0.1) is 0 Å². The van der Waals surface area contributed by atoms with Crippen molar-refractivity contribution in [2.45, 2.75) is 32.7 Å². The molecule has 0 saturated heterocycles. The van der Waals surface area contributed by atoms with E-state index in [0.717, 1.165) is 17.9 Å². The number of aromatic amines is 1. The van der Waals surface area contributed by atoms with E-state index in [2.05, 4.69) is 17.2 Å². The molecule has 0 bridgehead atoms. The highest BCUT2D eigenvalue weighted by Crippen LogP contribution is 2.47. The second kappa shape index (κ2) is 5.24. The first-order valence-electron chi connectivity index (χ1n) is 7.11. The molecule has 2 aromatic heterocycles. The molecule has 0 aliphatic heterocycles. The zero-order valence-electron chi connectivity index (χ0n) is 12.1. The summed E-state index contributed by atoms with van der Waals surface area (Å²) in [6.45, 7) is 4.25. The van der Waals surface area contributed by atoms with E-state index in [9.17, 15) is 9.59 Å². The highest BCUT2D eigenvalue weighted by Gasteiger charge is 2.36. The van der Waals surface area contributed by atoms with E-state index in [1.165, 1.54) is 6.07 Å². The van der Waals surface area contributed by atoms with Crippen LogP contribution >= 0.6 is 0 Å². The average Bonchev–Trinajstić information content (AvgIpc) is 2.99. The third-order valence-corrected chi connectivity index (χ3v) is 3.88. The quantitative estimate of drug-likeness (QED) is 0.905. The summed E-state index contributed by atoms with van der Waals surface area (Å²) in [5.74, 6) is 2.51. The molecule has 2 heterocycles. The lowest BCUT2D eigenvalue weighted by Crippen LogP contribution is -2.29. The zero-order valence-corrected chi connectivity index (χ0v) is 12.1. The van der Waals surface area contributed by atoms with Crippen LogP contribution in [0, 0.1) is 12.8 Å². The molecule has 21 heavy (non-hydrogen) atoms. The van der Waals surface area contributed by atoms with Gasteiger partial charge in [-0.05, 0) is 43.5 Å². The second-order valence-corrected chi connectivity index (χ2v) is 5.69. The fourth-order valence-corrected chi connectivity index (χ4v) is 2.42. The number of aryl methyl sites for hydroxylation is 1. The van der Waals surface area contributed by atoms with E-state index in [1.54, 1.807) is 13.0 Å². The summed E-state index contributed by atoms with van der Waals surface area (Å²) in [6.07, 6.45) is 1.16. The Morgan fingerprint density at radius 1 is 1.38 bits per heavy atom. The van der Waals surface area contributed by atoms with E-state index >= 15 is 0 Å². The number of aromatic nitrogens is 1. The van der Waals surface area contributed by atoms with Crippen molar-refractivity contribution in [2.24, 2.45) is 5.92 Å². The smallest absolute Gasteiger partial charge is 0.260 e. The fraction of sp³-hybridized carbons (Fsp3) is 0.375. The molecular weight excluding hydrogens is 268 g/mol. The number of pyridine rings is 1. The molecule has 0 radical (unpaired) electrons. The molecule has 1 aliphatic carbocycles. The number of H-pyrrole nitrogens is 1. The van der Waals surface area contributed by atoms with Gasteiger partial charge in [0.25, 0.3) is 11.5 Å². The van der Waals surface area contributed by atoms with Gasteiger partial charge in [-0.1, -0.05) is 6.92 Å². The number of hydrogen-bond acceptors (Lipinski definition) is 3. The molecule has 1 aliphatic rings. The Morgan fingerprint density at radius 3 is 2.81 bits per heavy atom. The normalized spacial score (nSPS) is 20.3. The molecule has 2 aromatic rings. The third kappa shape index (κ3) is 2.91. The summed E-state index contributed by atoms with van der Waals surface area (Å²) in [5.41, 5.74) is 0.466.